The van der Waals surface area contributed by atoms with Crippen LogP contribution >= 0.6 is 20.1 Å². The Labute approximate surface area is 218 Å². The van der Waals surface area contributed by atoms with Crippen molar-refractivity contribution in [3.63, 3.8) is 0 Å². The summed E-state index contributed by atoms with van der Waals surface area (Å²) < 4.78 is 88.2. The van der Waals surface area contributed by atoms with Gasteiger partial charge in [-0.05, 0) is 0 Å². The van der Waals surface area contributed by atoms with Gasteiger partial charge < -0.3 is 0 Å². The number of aliphatic hydroxyl groups is 1. The van der Waals surface area contributed by atoms with Crippen molar-refractivity contribution in [2.75, 3.05) is 49.7 Å². The minimum absolute atomic E-state index is 0.00305. The van der Waals surface area contributed by atoms with Gasteiger partial charge in [-0.15, -0.1) is 0 Å². The molecule has 0 amide bonds. The van der Waals surface area contributed by atoms with E-state index in [4.69, 9.17) is 0 Å². The number of nitrogens with one attached hydrogen (secondary N) is 3. The monoisotopic (exact) mass is 642 g/mol. The molecule has 1 aliphatic heterocycles. The van der Waals surface area contributed by atoms with Gasteiger partial charge in [0, 0.05) is 0 Å². The second kappa shape index (κ2) is 11.8. The number of hydrogen-bond donors (Lipinski definition) is 4. The van der Waals surface area contributed by atoms with Crippen molar-refractivity contribution < 1.29 is 31.4 Å². The van der Waals surface area contributed by atoms with E-state index in [0.29, 0.717) is 46.1 Å². The molecule has 1 atom stereocenters. The SMILES string of the molecule is CI1Cc2c([nH]c3ccc(F)cc23)C(c2c(F)ccc(NCCNCCCF)c2F)N1CC(F)(F)CO. The van der Waals surface area contributed by atoms with E-state index in [2.05, 4.69) is 15.6 Å². The van der Waals surface area contributed by atoms with Gasteiger partial charge in [-0.25, -0.2) is 0 Å². The number of nitrogens with zero attached hydrogens (tertiary/aromatic N) is 1. The molecule has 2 heterocycles. The quantitative estimate of drug-likeness (QED) is 0.0731. The van der Waals surface area contributed by atoms with Crippen molar-refractivity contribution in [1.82, 2.24) is 13.4 Å². The predicted octanol–water partition coefficient (Wildman–Crippen LogP) is 5.53. The summed E-state index contributed by atoms with van der Waals surface area (Å²) in [6.07, 6.45) is 0.352. The number of hydrogen-bond acceptors (Lipinski definition) is 4. The maximum absolute atomic E-state index is 15.9. The molecule has 0 fully saturated rings. The van der Waals surface area contributed by atoms with Gasteiger partial charge in [0.2, 0.25) is 0 Å². The van der Waals surface area contributed by atoms with Crippen molar-refractivity contribution >= 4 is 36.7 Å². The molecular weight excluding hydrogens is 613 g/mol. The van der Waals surface area contributed by atoms with Gasteiger partial charge in [-0.3, -0.25) is 4.39 Å². The Bertz CT molecular complexity index is 1240. The molecule has 37 heavy (non-hydrogen) atoms. The van der Waals surface area contributed by atoms with E-state index in [1.54, 1.807) is 0 Å². The fourth-order valence-corrected chi connectivity index (χ4v) is 9.46. The molecule has 0 radical (unpaired) electrons. The number of aromatic nitrogens is 1. The normalized spacial score (nSPS) is 17.4. The average Bonchev–Trinajstić information content (AvgIpc) is 3.21. The van der Waals surface area contributed by atoms with Crippen LogP contribution < -0.4 is 10.6 Å². The van der Waals surface area contributed by atoms with Gasteiger partial charge in [0.1, 0.15) is 0 Å². The molecule has 2 aromatic carbocycles. The van der Waals surface area contributed by atoms with Crippen molar-refractivity contribution in [2.45, 2.75) is 22.8 Å². The second-order valence-electron chi connectivity index (χ2n) is 8.91. The standard InChI is InChI=1S/C25H29F6IN4O/c1-32-12-17-16-11-15(27)3-5-19(16)35-23(17)24(36(32)13-25(30,31)14-37)21-18(28)4-6-20(22(21)29)34-10-9-33-8-2-7-26/h3-6,11,24,33-35,37H,2,7-10,12-14H2,1H3. The number of alkyl halides is 5. The summed E-state index contributed by atoms with van der Waals surface area (Å²) in [5.74, 6) is -5.75. The van der Waals surface area contributed by atoms with E-state index in [-0.39, 0.29) is 17.8 Å². The van der Waals surface area contributed by atoms with E-state index >= 15 is 8.78 Å². The molecule has 12 heteroatoms. The minimum atomic E-state index is -3.48. The fraction of sp³-hybridized carbons (Fsp3) is 0.440. The van der Waals surface area contributed by atoms with Gasteiger partial charge in [-0.1, -0.05) is 0 Å². The van der Waals surface area contributed by atoms with E-state index in [1.165, 1.54) is 27.4 Å². The average molecular weight is 642 g/mol. The van der Waals surface area contributed by atoms with E-state index < -0.39 is 69.3 Å². The summed E-state index contributed by atoms with van der Waals surface area (Å²) in [4.78, 5) is 4.92. The van der Waals surface area contributed by atoms with Crippen LogP contribution in [0.1, 0.15) is 29.3 Å². The molecule has 1 aliphatic rings. The Kier molecular flexibility index (Phi) is 8.92. The topological polar surface area (TPSA) is 63.3 Å². The molecule has 1 unspecified atom stereocenters. The molecule has 0 saturated heterocycles. The van der Waals surface area contributed by atoms with E-state index in [0.717, 1.165) is 6.07 Å². The molecule has 0 aliphatic carbocycles. The molecule has 204 valence electrons. The number of H-pyrrole nitrogens is 1. The zero-order valence-corrected chi connectivity index (χ0v) is 22.3. The van der Waals surface area contributed by atoms with Crippen LogP contribution in [0.4, 0.5) is 32.0 Å². The number of anilines is 1. The van der Waals surface area contributed by atoms with Gasteiger partial charge in [0.15, 0.2) is 0 Å². The van der Waals surface area contributed by atoms with Crippen LogP contribution in [0.5, 0.6) is 0 Å². The first-order chi connectivity index (χ1) is 17.7. The molecular formula is C25H29F6IN4O. The summed E-state index contributed by atoms with van der Waals surface area (Å²) in [5.41, 5.74) is 1.17. The third kappa shape index (κ3) is 6.02. The first kappa shape index (κ1) is 28.0. The third-order valence-corrected chi connectivity index (χ3v) is 11.2. The van der Waals surface area contributed by atoms with Gasteiger partial charge >= 0.3 is 214 Å². The Balaban J connectivity index is 1.77. The summed E-state index contributed by atoms with van der Waals surface area (Å²) in [6, 6.07) is 5.23. The van der Waals surface area contributed by atoms with Crippen molar-refractivity contribution in [3.8, 4) is 0 Å². The molecule has 4 rings (SSSR count). The molecule has 4 N–H and O–H groups in total. The zero-order valence-electron chi connectivity index (χ0n) is 20.2. The summed E-state index contributed by atoms with van der Waals surface area (Å²) in [7, 11) is 0. The van der Waals surface area contributed by atoms with Crippen molar-refractivity contribution in [1.29, 1.82) is 0 Å². The van der Waals surface area contributed by atoms with E-state index in [9.17, 15) is 22.7 Å². The first-order valence-corrected chi connectivity index (χ1v) is 16.4. The van der Waals surface area contributed by atoms with Crippen LogP contribution in [0.25, 0.3) is 10.9 Å². The van der Waals surface area contributed by atoms with Crippen LogP contribution in [0.3, 0.4) is 0 Å². The molecule has 5 nitrogen and oxygen atoms in total. The molecule has 0 spiro atoms. The summed E-state index contributed by atoms with van der Waals surface area (Å²) in [5, 5.41) is 15.7. The number of halogens is 7. The van der Waals surface area contributed by atoms with Crippen LogP contribution in [0.2, 0.25) is 0 Å². The first-order valence-electron chi connectivity index (χ1n) is 11.8. The van der Waals surface area contributed by atoms with Crippen molar-refractivity contribution in [3.05, 3.63) is 64.6 Å². The van der Waals surface area contributed by atoms with E-state index in [1.807, 2.05) is 4.93 Å². The molecule has 1 aromatic heterocycles. The Hall–Kier alpha value is -2.03. The zero-order chi connectivity index (χ0) is 26.7. The fourth-order valence-electron chi connectivity index (χ4n) is 4.50. The van der Waals surface area contributed by atoms with Gasteiger partial charge in [0.25, 0.3) is 0 Å². The third-order valence-electron chi connectivity index (χ3n) is 6.27. The Morgan fingerprint density at radius 2 is 1.92 bits per heavy atom. The summed E-state index contributed by atoms with van der Waals surface area (Å²) >= 11 is -2.48. The maximum atomic E-state index is 15.9. The number of aromatic amines is 1. The summed E-state index contributed by atoms with van der Waals surface area (Å²) in [6.45, 7) is -1.57. The second-order valence-corrected chi connectivity index (χ2v) is 14.1. The Morgan fingerprint density at radius 1 is 1.14 bits per heavy atom. The van der Waals surface area contributed by atoms with Crippen LogP contribution in [-0.4, -0.2) is 63.5 Å². The predicted molar refractivity (Wildman–Crippen MR) is 141 cm³/mol. The Morgan fingerprint density at radius 3 is 2.65 bits per heavy atom. The molecule has 0 bridgehead atoms. The number of fused-ring (bicyclic) bond motifs is 3. The van der Waals surface area contributed by atoms with Crippen LogP contribution in [0, 0.1) is 17.5 Å². The van der Waals surface area contributed by atoms with Crippen LogP contribution in [-0.2, 0) is 4.43 Å². The number of rotatable bonds is 11. The van der Waals surface area contributed by atoms with Crippen molar-refractivity contribution in [2.24, 2.45) is 0 Å². The molecule has 3 aromatic rings. The van der Waals surface area contributed by atoms with Crippen LogP contribution in [0.15, 0.2) is 30.3 Å². The van der Waals surface area contributed by atoms with Gasteiger partial charge in [0.05, 0.1) is 0 Å². The number of benzene rings is 2. The number of aliphatic hydroxyl groups excluding tert-OH is 1. The molecule has 0 saturated carbocycles. The van der Waals surface area contributed by atoms with Gasteiger partial charge in [-0.2, -0.15) is 0 Å².